The molecule has 0 fully saturated rings. The van der Waals surface area contributed by atoms with Crippen LogP contribution in [-0.4, -0.2) is 24.3 Å². The molecule has 3 N–H and O–H groups in total. The fourth-order valence-corrected chi connectivity index (χ4v) is 1.83. The highest BCUT2D eigenvalue weighted by molar-refractivity contribution is 6.33. The summed E-state index contributed by atoms with van der Waals surface area (Å²) in [7, 11) is 1.92. The normalized spacial score (nSPS) is 13.6. The Morgan fingerprint density at radius 1 is 1.47 bits per heavy atom. The van der Waals surface area contributed by atoms with Gasteiger partial charge in [-0.2, -0.15) is 0 Å². The van der Waals surface area contributed by atoms with Gasteiger partial charge in [-0.1, -0.05) is 17.7 Å². The minimum absolute atomic E-state index is 0.0299. The highest BCUT2D eigenvalue weighted by Crippen LogP contribution is 2.31. The lowest BCUT2D eigenvalue weighted by molar-refractivity contribution is 0.216. The minimum Gasteiger partial charge on any atom is -0.394 e. The Bertz CT molecular complexity index is 391. The molecule has 0 saturated carbocycles. The van der Waals surface area contributed by atoms with E-state index in [1.807, 2.05) is 50.9 Å². The molecule has 0 spiro atoms. The second-order valence-corrected chi connectivity index (χ2v) is 5.44. The number of nitrogens with zero attached hydrogens (tertiary/aromatic N) is 1. The van der Waals surface area contributed by atoms with E-state index in [2.05, 4.69) is 0 Å². The number of likely N-dealkylation sites (N-methyl/N-ethyl adjacent to an activating group) is 1. The van der Waals surface area contributed by atoms with E-state index in [0.29, 0.717) is 5.02 Å². The molecule has 0 aliphatic heterocycles. The first kappa shape index (κ1) is 14.3. The number of rotatable bonds is 4. The summed E-state index contributed by atoms with van der Waals surface area (Å²) in [5, 5.41) is 10.0. The molecule has 1 aromatic rings. The first-order chi connectivity index (χ1) is 7.79. The van der Waals surface area contributed by atoms with E-state index in [0.717, 1.165) is 11.3 Å². The van der Waals surface area contributed by atoms with Gasteiger partial charge in [0.05, 0.1) is 22.9 Å². The van der Waals surface area contributed by atoms with Crippen molar-refractivity contribution in [2.24, 2.45) is 5.73 Å². The zero-order valence-electron chi connectivity index (χ0n) is 10.9. The number of anilines is 1. The number of benzene rings is 1. The zero-order chi connectivity index (χ0) is 13.2. The average molecular weight is 257 g/mol. The van der Waals surface area contributed by atoms with Crippen LogP contribution in [0.2, 0.25) is 5.02 Å². The maximum absolute atomic E-state index is 9.35. The second-order valence-electron chi connectivity index (χ2n) is 5.03. The molecule has 17 heavy (non-hydrogen) atoms. The smallest absolute Gasteiger partial charge is 0.0658 e. The highest BCUT2D eigenvalue weighted by atomic mass is 35.5. The van der Waals surface area contributed by atoms with Crippen LogP contribution in [0.25, 0.3) is 0 Å². The number of hydrogen-bond acceptors (Lipinski definition) is 3. The van der Waals surface area contributed by atoms with Crippen LogP contribution in [0.4, 0.5) is 5.69 Å². The summed E-state index contributed by atoms with van der Waals surface area (Å²) in [6.07, 6.45) is 0. The summed E-state index contributed by atoms with van der Waals surface area (Å²) in [4.78, 5) is 1.97. The van der Waals surface area contributed by atoms with Gasteiger partial charge in [-0.15, -0.1) is 0 Å². The Morgan fingerprint density at radius 3 is 2.47 bits per heavy atom. The Hall–Kier alpha value is -0.770. The Morgan fingerprint density at radius 2 is 2.06 bits per heavy atom. The van der Waals surface area contributed by atoms with Crippen molar-refractivity contribution in [3.63, 3.8) is 0 Å². The molecule has 1 aromatic carbocycles. The lowest BCUT2D eigenvalue weighted by atomic mass is 10.0. The minimum atomic E-state index is -0.348. The van der Waals surface area contributed by atoms with E-state index >= 15 is 0 Å². The van der Waals surface area contributed by atoms with Crippen LogP contribution in [0.1, 0.15) is 32.4 Å². The Balaban J connectivity index is 3.08. The van der Waals surface area contributed by atoms with Crippen molar-refractivity contribution in [3.8, 4) is 0 Å². The predicted octanol–water partition coefficient (Wildman–Crippen LogP) is 2.57. The van der Waals surface area contributed by atoms with Crippen LogP contribution < -0.4 is 10.6 Å². The number of halogens is 1. The molecule has 1 atom stereocenters. The third-order valence-corrected chi connectivity index (χ3v) is 3.46. The molecule has 0 bridgehead atoms. The molecule has 3 nitrogen and oxygen atoms in total. The molecule has 1 unspecified atom stereocenters. The summed E-state index contributed by atoms with van der Waals surface area (Å²) < 4.78 is 0. The standard InChI is InChI=1S/C13H21ClN2O/c1-9(15)10-5-6-12(11(14)7-10)16(4)13(2,3)8-17/h5-7,9,17H,8,15H2,1-4H3. The SMILES string of the molecule is CC(N)c1ccc(N(C)C(C)(C)CO)c(Cl)c1. The van der Waals surface area contributed by atoms with Gasteiger partial charge in [0, 0.05) is 13.1 Å². The molecule has 0 aromatic heterocycles. The average Bonchev–Trinajstić information content (AvgIpc) is 2.27. The van der Waals surface area contributed by atoms with E-state index in [9.17, 15) is 5.11 Å². The molecule has 1 rings (SSSR count). The van der Waals surface area contributed by atoms with Crippen molar-refractivity contribution in [3.05, 3.63) is 28.8 Å². The Kier molecular flexibility index (Phi) is 4.42. The summed E-state index contributed by atoms with van der Waals surface area (Å²) in [6, 6.07) is 5.76. The molecule has 0 amide bonds. The number of hydrogen-bond donors (Lipinski definition) is 2. The molecule has 0 heterocycles. The zero-order valence-corrected chi connectivity index (χ0v) is 11.6. The van der Waals surface area contributed by atoms with Crippen molar-refractivity contribution < 1.29 is 5.11 Å². The van der Waals surface area contributed by atoms with E-state index in [1.165, 1.54) is 0 Å². The predicted molar refractivity (Wildman–Crippen MR) is 73.6 cm³/mol. The van der Waals surface area contributed by atoms with E-state index < -0.39 is 0 Å². The van der Waals surface area contributed by atoms with Crippen LogP contribution >= 0.6 is 11.6 Å². The van der Waals surface area contributed by atoms with Crippen LogP contribution in [0.3, 0.4) is 0 Å². The summed E-state index contributed by atoms with van der Waals surface area (Å²) in [6.45, 7) is 5.91. The highest BCUT2D eigenvalue weighted by Gasteiger charge is 2.24. The van der Waals surface area contributed by atoms with Crippen molar-refractivity contribution in [2.45, 2.75) is 32.4 Å². The van der Waals surface area contributed by atoms with Gasteiger partial charge < -0.3 is 15.7 Å². The maximum atomic E-state index is 9.35. The number of aliphatic hydroxyl groups is 1. The van der Waals surface area contributed by atoms with Crippen LogP contribution in [0.5, 0.6) is 0 Å². The largest absolute Gasteiger partial charge is 0.394 e. The molecular formula is C13H21ClN2O. The van der Waals surface area contributed by atoms with Gasteiger partial charge in [0.15, 0.2) is 0 Å². The molecule has 0 aliphatic carbocycles. The van der Waals surface area contributed by atoms with Gasteiger partial charge in [-0.05, 0) is 38.5 Å². The van der Waals surface area contributed by atoms with Crippen LogP contribution in [-0.2, 0) is 0 Å². The van der Waals surface area contributed by atoms with Crippen molar-refractivity contribution in [1.82, 2.24) is 0 Å². The van der Waals surface area contributed by atoms with Crippen LogP contribution in [0, 0.1) is 0 Å². The fourth-order valence-electron chi connectivity index (χ4n) is 1.51. The molecule has 0 radical (unpaired) electrons. The second kappa shape index (κ2) is 5.25. The summed E-state index contributed by atoms with van der Waals surface area (Å²) in [5.41, 5.74) is 7.37. The van der Waals surface area contributed by atoms with Gasteiger partial charge in [-0.25, -0.2) is 0 Å². The van der Waals surface area contributed by atoms with E-state index in [-0.39, 0.29) is 18.2 Å². The van der Waals surface area contributed by atoms with Gasteiger partial charge in [0.25, 0.3) is 0 Å². The maximum Gasteiger partial charge on any atom is 0.0658 e. The first-order valence-electron chi connectivity index (χ1n) is 5.69. The van der Waals surface area contributed by atoms with E-state index in [1.54, 1.807) is 0 Å². The number of aliphatic hydroxyl groups excluding tert-OH is 1. The molecular weight excluding hydrogens is 236 g/mol. The summed E-state index contributed by atoms with van der Waals surface area (Å²) in [5.74, 6) is 0. The summed E-state index contributed by atoms with van der Waals surface area (Å²) >= 11 is 6.25. The van der Waals surface area contributed by atoms with Gasteiger partial charge in [0.1, 0.15) is 0 Å². The molecule has 0 aliphatic rings. The molecule has 96 valence electrons. The van der Waals surface area contributed by atoms with Crippen molar-refractivity contribution >= 4 is 17.3 Å². The molecule has 4 heteroatoms. The van der Waals surface area contributed by atoms with Crippen molar-refractivity contribution in [2.75, 3.05) is 18.6 Å². The van der Waals surface area contributed by atoms with E-state index in [4.69, 9.17) is 17.3 Å². The lowest BCUT2D eigenvalue weighted by Gasteiger charge is -2.36. The van der Waals surface area contributed by atoms with Crippen LogP contribution in [0.15, 0.2) is 18.2 Å². The quantitative estimate of drug-likeness (QED) is 0.871. The fraction of sp³-hybridized carbons (Fsp3) is 0.538. The van der Waals surface area contributed by atoms with Gasteiger partial charge in [-0.3, -0.25) is 0 Å². The van der Waals surface area contributed by atoms with Gasteiger partial charge in [0.2, 0.25) is 0 Å². The van der Waals surface area contributed by atoms with Crippen molar-refractivity contribution in [1.29, 1.82) is 0 Å². The number of nitrogens with two attached hydrogens (primary N) is 1. The lowest BCUT2D eigenvalue weighted by Crippen LogP contribution is -2.44. The Labute approximate surface area is 108 Å². The first-order valence-corrected chi connectivity index (χ1v) is 6.07. The third-order valence-electron chi connectivity index (χ3n) is 3.15. The molecule has 0 saturated heterocycles. The monoisotopic (exact) mass is 256 g/mol. The van der Waals surface area contributed by atoms with Gasteiger partial charge >= 0.3 is 0 Å². The third kappa shape index (κ3) is 3.12. The topological polar surface area (TPSA) is 49.5 Å².